The Hall–Kier alpha value is -4.27. The van der Waals surface area contributed by atoms with Gasteiger partial charge < -0.3 is 14.5 Å². The fraction of sp³-hybridized carbons (Fsp3) is 0.378. The number of carbonyl (C=O) groups excluding carboxylic acids is 3. The lowest BCUT2D eigenvalue weighted by atomic mass is 9.99. The highest BCUT2D eigenvalue weighted by molar-refractivity contribution is 6.21. The number of amides is 3. The second-order valence-electron chi connectivity index (χ2n) is 12.9. The average Bonchev–Trinajstić information content (AvgIpc) is 3.28. The summed E-state index contributed by atoms with van der Waals surface area (Å²) in [5, 5.41) is 3.08. The van der Waals surface area contributed by atoms with Crippen molar-refractivity contribution < 1.29 is 23.6 Å². The van der Waals surface area contributed by atoms with E-state index in [9.17, 15) is 14.4 Å². The van der Waals surface area contributed by atoms with Crippen LogP contribution in [-0.2, 0) is 4.74 Å². The van der Waals surface area contributed by atoms with Gasteiger partial charge in [0.15, 0.2) is 0 Å². The van der Waals surface area contributed by atoms with E-state index in [0.717, 1.165) is 74.0 Å². The zero-order valence-corrected chi connectivity index (χ0v) is 26.5. The first-order chi connectivity index (χ1) is 21.7. The van der Waals surface area contributed by atoms with E-state index in [1.54, 1.807) is 24.3 Å². The fourth-order valence-corrected chi connectivity index (χ4v) is 6.44. The number of nitrogens with one attached hydrogen (secondary N) is 1. The van der Waals surface area contributed by atoms with Crippen molar-refractivity contribution >= 4 is 17.9 Å². The SMILES string of the molecule is C=C(CN1CCC(OC(=O)NC(c2ccccc2)c2ccccc2)CC1)C[N+](C)(C)CCCCN1C(=O)c2ccccc2C1=O. The predicted molar refractivity (Wildman–Crippen MR) is 176 cm³/mol. The van der Waals surface area contributed by atoms with Crippen molar-refractivity contribution in [2.45, 2.75) is 37.8 Å². The standard InChI is InChI=1S/C37H44N4O4/c1-28(27-41(2,3)25-13-12-22-40-35(42)32-18-10-11-19-33(32)36(40)43)26-39-23-20-31(21-24-39)45-37(44)38-34(29-14-6-4-7-15-29)30-16-8-5-9-17-30/h4-11,14-19,31,34H,1,12-13,20-27H2,2-3H3/p+1. The minimum Gasteiger partial charge on any atom is -0.446 e. The van der Waals surface area contributed by atoms with Crippen molar-refractivity contribution in [2.75, 3.05) is 53.4 Å². The van der Waals surface area contributed by atoms with Gasteiger partial charge in [-0.3, -0.25) is 19.4 Å². The Bertz CT molecular complexity index is 1410. The van der Waals surface area contributed by atoms with Crippen LogP contribution in [0.3, 0.4) is 0 Å². The molecule has 8 heteroatoms. The van der Waals surface area contributed by atoms with Crippen LogP contribution in [0.15, 0.2) is 97.1 Å². The van der Waals surface area contributed by atoms with E-state index in [1.807, 2.05) is 60.7 Å². The first kappa shape index (κ1) is 32.1. The Morgan fingerprint density at radius 3 is 1.96 bits per heavy atom. The molecule has 1 N–H and O–H groups in total. The number of hydrogen-bond donors (Lipinski definition) is 1. The van der Waals surface area contributed by atoms with E-state index in [4.69, 9.17) is 4.74 Å². The number of likely N-dealkylation sites (tertiary alicyclic amines) is 1. The molecular formula is C37H45N4O4+. The van der Waals surface area contributed by atoms with Gasteiger partial charge in [-0.25, -0.2) is 4.79 Å². The highest BCUT2D eigenvalue weighted by Crippen LogP contribution is 2.24. The number of carbonyl (C=O) groups is 3. The molecule has 5 rings (SSSR count). The summed E-state index contributed by atoms with van der Waals surface area (Å²) in [4.78, 5) is 41.9. The Morgan fingerprint density at radius 1 is 0.867 bits per heavy atom. The smallest absolute Gasteiger partial charge is 0.408 e. The van der Waals surface area contributed by atoms with Crippen molar-refractivity contribution in [3.05, 3.63) is 119 Å². The predicted octanol–water partition coefficient (Wildman–Crippen LogP) is 5.68. The molecule has 1 saturated heterocycles. The summed E-state index contributed by atoms with van der Waals surface area (Å²) in [6.07, 6.45) is 2.76. The second-order valence-corrected chi connectivity index (χ2v) is 12.9. The first-order valence-corrected chi connectivity index (χ1v) is 15.9. The Balaban J connectivity index is 1.01. The monoisotopic (exact) mass is 609 g/mol. The van der Waals surface area contributed by atoms with Crippen LogP contribution in [-0.4, -0.2) is 91.7 Å². The van der Waals surface area contributed by atoms with E-state index < -0.39 is 6.09 Å². The van der Waals surface area contributed by atoms with Crippen LogP contribution < -0.4 is 5.32 Å². The van der Waals surface area contributed by atoms with Gasteiger partial charge in [-0.05, 0) is 54.5 Å². The third-order valence-corrected chi connectivity index (χ3v) is 8.71. The Kier molecular flexibility index (Phi) is 10.5. The average molecular weight is 610 g/mol. The van der Waals surface area contributed by atoms with Gasteiger partial charge in [0.05, 0.1) is 37.8 Å². The van der Waals surface area contributed by atoms with Crippen LogP contribution in [0, 0.1) is 0 Å². The van der Waals surface area contributed by atoms with Gasteiger partial charge in [-0.1, -0.05) is 79.4 Å². The summed E-state index contributed by atoms with van der Waals surface area (Å²) in [7, 11) is 4.40. The van der Waals surface area contributed by atoms with Crippen LogP contribution in [0.2, 0.25) is 0 Å². The molecule has 3 amide bonds. The van der Waals surface area contributed by atoms with E-state index >= 15 is 0 Å². The third-order valence-electron chi connectivity index (χ3n) is 8.71. The highest BCUT2D eigenvalue weighted by atomic mass is 16.6. The fourth-order valence-electron chi connectivity index (χ4n) is 6.44. The second kappa shape index (κ2) is 14.7. The van der Waals surface area contributed by atoms with Gasteiger partial charge in [-0.15, -0.1) is 0 Å². The van der Waals surface area contributed by atoms with Crippen LogP contribution in [0.5, 0.6) is 0 Å². The summed E-state index contributed by atoms with van der Waals surface area (Å²) >= 11 is 0. The number of benzene rings is 3. The molecular weight excluding hydrogens is 564 g/mol. The molecule has 0 aromatic heterocycles. The molecule has 2 aliphatic rings. The van der Waals surface area contributed by atoms with E-state index in [-0.39, 0.29) is 24.0 Å². The Morgan fingerprint density at radius 2 is 1.40 bits per heavy atom. The number of hydrogen-bond acceptors (Lipinski definition) is 5. The number of quaternary nitrogens is 1. The van der Waals surface area contributed by atoms with Gasteiger partial charge >= 0.3 is 6.09 Å². The molecule has 8 nitrogen and oxygen atoms in total. The quantitative estimate of drug-likeness (QED) is 0.117. The molecule has 0 aliphatic carbocycles. The normalized spacial score (nSPS) is 15.8. The van der Waals surface area contributed by atoms with Crippen molar-refractivity contribution in [1.29, 1.82) is 0 Å². The van der Waals surface area contributed by atoms with E-state index in [2.05, 4.69) is 30.9 Å². The van der Waals surface area contributed by atoms with Crippen molar-refractivity contribution in [3.63, 3.8) is 0 Å². The molecule has 45 heavy (non-hydrogen) atoms. The molecule has 0 radical (unpaired) electrons. The molecule has 236 valence electrons. The maximum atomic E-state index is 13.0. The molecule has 2 aliphatic heterocycles. The largest absolute Gasteiger partial charge is 0.446 e. The number of likely N-dealkylation sites (N-methyl/N-ethyl adjacent to an activating group) is 1. The summed E-state index contributed by atoms with van der Waals surface area (Å²) < 4.78 is 6.67. The number of rotatable bonds is 13. The number of piperidine rings is 1. The third kappa shape index (κ3) is 8.47. The van der Waals surface area contributed by atoms with E-state index in [0.29, 0.717) is 17.7 Å². The van der Waals surface area contributed by atoms with Crippen LogP contribution >= 0.6 is 0 Å². The number of nitrogens with zero attached hydrogens (tertiary/aromatic N) is 3. The van der Waals surface area contributed by atoms with Crippen LogP contribution in [0.25, 0.3) is 0 Å². The van der Waals surface area contributed by atoms with Crippen LogP contribution in [0.4, 0.5) is 4.79 Å². The molecule has 0 bridgehead atoms. The minimum atomic E-state index is -0.391. The summed E-state index contributed by atoms with van der Waals surface area (Å²) in [5.41, 5.74) is 4.21. The van der Waals surface area contributed by atoms with Gasteiger partial charge in [-0.2, -0.15) is 0 Å². The van der Waals surface area contributed by atoms with Crippen molar-refractivity contribution in [1.82, 2.24) is 15.1 Å². The molecule has 0 atom stereocenters. The molecule has 0 saturated carbocycles. The summed E-state index contributed by atoms with van der Waals surface area (Å²) in [6.45, 7) is 9.13. The van der Waals surface area contributed by atoms with Gasteiger partial charge in [0.25, 0.3) is 11.8 Å². The van der Waals surface area contributed by atoms with Crippen molar-refractivity contribution in [2.24, 2.45) is 0 Å². The molecule has 3 aromatic rings. The maximum Gasteiger partial charge on any atom is 0.408 e. The number of imide groups is 1. The lowest BCUT2D eigenvalue weighted by Crippen LogP contribution is -2.45. The molecule has 2 heterocycles. The van der Waals surface area contributed by atoms with Gasteiger partial charge in [0, 0.05) is 26.2 Å². The maximum absolute atomic E-state index is 13.0. The molecule has 0 unspecified atom stereocenters. The summed E-state index contributed by atoms with van der Waals surface area (Å²) in [6, 6.07) is 26.7. The molecule has 0 spiro atoms. The lowest BCUT2D eigenvalue weighted by Gasteiger charge is -2.35. The summed E-state index contributed by atoms with van der Waals surface area (Å²) in [5.74, 6) is -0.368. The Labute approximate surface area is 266 Å². The number of alkyl carbamates (subject to hydrolysis) is 1. The first-order valence-electron chi connectivity index (χ1n) is 15.9. The van der Waals surface area contributed by atoms with Crippen molar-refractivity contribution in [3.8, 4) is 0 Å². The zero-order chi connectivity index (χ0) is 31.8. The minimum absolute atomic E-state index is 0.115. The topological polar surface area (TPSA) is 79.0 Å². The number of fused-ring (bicyclic) bond motifs is 1. The lowest BCUT2D eigenvalue weighted by molar-refractivity contribution is -0.885. The number of unbranched alkanes of at least 4 members (excludes halogenated alkanes) is 1. The van der Waals surface area contributed by atoms with Crippen LogP contribution in [0.1, 0.15) is 63.6 Å². The number of ether oxygens (including phenoxy) is 1. The molecule has 1 fully saturated rings. The molecule has 3 aromatic carbocycles. The van der Waals surface area contributed by atoms with E-state index in [1.165, 1.54) is 10.5 Å². The highest BCUT2D eigenvalue weighted by Gasteiger charge is 2.34. The van der Waals surface area contributed by atoms with Gasteiger partial charge in [0.1, 0.15) is 12.6 Å². The van der Waals surface area contributed by atoms with Gasteiger partial charge in [0.2, 0.25) is 0 Å². The zero-order valence-electron chi connectivity index (χ0n) is 26.5.